The van der Waals surface area contributed by atoms with Gasteiger partial charge in [-0.25, -0.2) is 14.0 Å². The lowest BCUT2D eigenvalue weighted by molar-refractivity contribution is -0.371. The standard InChI is InChI=1S/C11H10F8O4/c1-2-8(12,5-9(13,14)15)10(16,17)11(18,19)23-7(22)4-3-6(20)21/h3-4H,2,5H2,1H3,(H,20,21)/b4-3+. The van der Waals surface area contributed by atoms with Crippen molar-refractivity contribution in [2.75, 3.05) is 0 Å². The number of carboxylic acid groups (broad SMARTS) is 1. The van der Waals surface area contributed by atoms with Gasteiger partial charge in [0.05, 0.1) is 6.42 Å². The van der Waals surface area contributed by atoms with E-state index >= 15 is 0 Å². The molecule has 0 aliphatic heterocycles. The van der Waals surface area contributed by atoms with E-state index in [2.05, 4.69) is 4.74 Å². The molecule has 0 amide bonds. The van der Waals surface area contributed by atoms with Crippen molar-refractivity contribution in [1.29, 1.82) is 0 Å². The van der Waals surface area contributed by atoms with Gasteiger partial charge < -0.3 is 9.84 Å². The molecule has 1 atom stereocenters. The smallest absolute Gasteiger partial charge is 0.470 e. The molecule has 0 saturated carbocycles. The molecular weight excluding hydrogens is 348 g/mol. The van der Waals surface area contributed by atoms with Crippen LogP contribution in [0, 0.1) is 0 Å². The predicted octanol–water partition coefficient (Wildman–Crippen LogP) is 3.47. The third-order valence-electron chi connectivity index (χ3n) is 2.56. The van der Waals surface area contributed by atoms with Gasteiger partial charge in [0.25, 0.3) is 0 Å². The highest BCUT2D eigenvalue weighted by atomic mass is 19.4. The van der Waals surface area contributed by atoms with Crippen LogP contribution in [0.1, 0.15) is 19.8 Å². The van der Waals surface area contributed by atoms with Crippen molar-refractivity contribution < 1.29 is 54.6 Å². The van der Waals surface area contributed by atoms with Crippen LogP contribution in [0.15, 0.2) is 12.2 Å². The Kier molecular flexibility index (Phi) is 6.16. The minimum atomic E-state index is -6.02. The fourth-order valence-corrected chi connectivity index (χ4v) is 1.40. The lowest BCUT2D eigenvalue weighted by Crippen LogP contribution is -2.59. The maximum Gasteiger partial charge on any atom is 0.470 e. The van der Waals surface area contributed by atoms with E-state index in [4.69, 9.17) is 5.11 Å². The van der Waals surface area contributed by atoms with E-state index in [0.717, 1.165) is 0 Å². The SMILES string of the molecule is CCC(F)(CC(F)(F)F)C(F)(F)C(F)(F)OC(=O)/C=C/C(=O)O. The molecule has 0 rings (SSSR count). The Morgan fingerprint density at radius 2 is 1.48 bits per heavy atom. The molecule has 0 aliphatic carbocycles. The summed E-state index contributed by atoms with van der Waals surface area (Å²) < 4.78 is 107. The number of halogens is 8. The molecule has 1 unspecified atom stereocenters. The van der Waals surface area contributed by atoms with Crippen LogP contribution >= 0.6 is 0 Å². The van der Waals surface area contributed by atoms with Gasteiger partial charge in [-0.3, -0.25) is 0 Å². The Balaban J connectivity index is 5.49. The van der Waals surface area contributed by atoms with Crippen LogP contribution in [0.4, 0.5) is 35.1 Å². The highest BCUT2D eigenvalue weighted by molar-refractivity contribution is 5.90. The zero-order valence-corrected chi connectivity index (χ0v) is 11.3. The van der Waals surface area contributed by atoms with Gasteiger partial charge in [-0.15, -0.1) is 0 Å². The normalized spacial score (nSPS) is 16.2. The number of alkyl halides is 8. The number of carbonyl (C=O) groups excluding carboxylic acids is 1. The van der Waals surface area contributed by atoms with E-state index in [1.54, 1.807) is 0 Å². The third kappa shape index (κ3) is 5.36. The van der Waals surface area contributed by atoms with Crippen molar-refractivity contribution in [3.8, 4) is 0 Å². The van der Waals surface area contributed by atoms with Crippen molar-refractivity contribution in [1.82, 2.24) is 0 Å². The Labute approximate surface area is 123 Å². The molecule has 12 heteroatoms. The van der Waals surface area contributed by atoms with Gasteiger partial charge in [-0.05, 0) is 6.42 Å². The zero-order chi connectivity index (χ0) is 18.7. The first-order valence-electron chi connectivity index (χ1n) is 5.73. The highest BCUT2D eigenvalue weighted by Crippen LogP contribution is 2.51. The monoisotopic (exact) mass is 358 g/mol. The van der Waals surface area contributed by atoms with Crippen LogP contribution in [0.25, 0.3) is 0 Å². The van der Waals surface area contributed by atoms with Crippen LogP contribution in [0.3, 0.4) is 0 Å². The second kappa shape index (κ2) is 6.71. The van der Waals surface area contributed by atoms with Gasteiger partial charge in [0.1, 0.15) is 0 Å². The van der Waals surface area contributed by atoms with Crippen molar-refractivity contribution in [2.45, 2.75) is 43.6 Å². The number of carboxylic acids is 1. The Morgan fingerprint density at radius 3 is 1.83 bits per heavy atom. The van der Waals surface area contributed by atoms with E-state index in [1.165, 1.54) is 0 Å². The number of esters is 1. The van der Waals surface area contributed by atoms with Crippen LogP contribution in [0.5, 0.6) is 0 Å². The number of hydrogen-bond donors (Lipinski definition) is 1. The second-order valence-electron chi connectivity index (χ2n) is 4.29. The van der Waals surface area contributed by atoms with Crippen molar-refractivity contribution in [2.24, 2.45) is 0 Å². The summed E-state index contributed by atoms with van der Waals surface area (Å²) in [6.45, 7) is 0.474. The van der Waals surface area contributed by atoms with Crippen LogP contribution in [-0.4, -0.2) is 40.9 Å². The van der Waals surface area contributed by atoms with E-state index in [9.17, 15) is 44.7 Å². The lowest BCUT2D eigenvalue weighted by Gasteiger charge is -2.36. The quantitative estimate of drug-likeness (QED) is 0.430. The van der Waals surface area contributed by atoms with Gasteiger partial charge in [0.15, 0.2) is 5.67 Å². The molecule has 23 heavy (non-hydrogen) atoms. The molecule has 0 aromatic rings. The van der Waals surface area contributed by atoms with Gasteiger partial charge in [0.2, 0.25) is 0 Å². The summed E-state index contributed by atoms with van der Waals surface area (Å²) >= 11 is 0. The summed E-state index contributed by atoms with van der Waals surface area (Å²) in [7, 11) is 0. The van der Waals surface area contributed by atoms with E-state index < -0.39 is 48.7 Å². The molecule has 0 fully saturated rings. The van der Waals surface area contributed by atoms with Crippen molar-refractivity contribution >= 4 is 11.9 Å². The summed E-state index contributed by atoms with van der Waals surface area (Å²) in [6, 6.07) is 0. The first kappa shape index (κ1) is 21.1. The average Bonchev–Trinajstić information content (AvgIpc) is 2.33. The van der Waals surface area contributed by atoms with Crippen molar-refractivity contribution in [3.63, 3.8) is 0 Å². The number of hydrogen-bond acceptors (Lipinski definition) is 3. The lowest BCUT2D eigenvalue weighted by atomic mass is 9.89. The van der Waals surface area contributed by atoms with Gasteiger partial charge in [-0.1, -0.05) is 6.92 Å². The summed E-state index contributed by atoms with van der Waals surface area (Å²) in [6.07, 6.45) is -16.3. The molecule has 0 saturated heterocycles. The van der Waals surface area contributed by atoms with Crippen LogP contribution < -0.4 is 0 Å². The first-order valence-corrected chi connectivity index (χ1v) is 5.73. The average molecular weight is 358 g/mol. The number of rotatable bonds is 7. The van der Waals surface area contributed by atoms with Crippen LogP contribution in [0.2, 0.25) is 0 Å². The zero-order valence-electron chi connectivity index (χ0n) is 11.3. The Morgan fingerprint density at radius 1 is 1.00 bits per heavy atom. The maximum absolute atomic E-state index is 13.8. The first-order chi connectivity index (χ1) is 10.1. The fraction of sp³-hybridized carbons (Fsp3) is 0.636. The van der Waals surface area contributed by atoms with Crippen LogP contribution in [-0.2, 0) is 14.3 Å². The van der Waals surface area contributed by atoms with E-state index in [-0.39, 0.29) is 12.2 Å². The van der Waals surface area contributed by atoms with E-state index in [1.807, 2.05) is 0 Å². The molecule has 0 aliphatic rings. The fourth-order valence-electron chi connectivity index (χ4n) is 1.40. The second-order valence-corrected chi connectivity index (χ2v) is 4.29. The minimum absolute atomic E-state index is 0.0468. The molecule has 0 bridgehead atoms. The molecule has 0 spiro atoms. The summed E-state index contributed by atoms with van der Waals surface area (Å²) in [5.74, 6) is -10.1. The molecule has 0 heterocycles. The van der Waals surface area contributed by atoms with Crippen molar-refractivity contribution in [3.05, 3.63) is 12.2 Å². The van der Waals surface area contributed by atoms with E-state index in [0.29, 0.717) is 6.92 Å². The van der Waals surface area contributed by atoms with Gasteiger partial charge >= 0.3 is 30.1 Å². The highest BCUT2D eigenvalue weighted by Gasteiger charge is 2.73. The van der Waals surface area contributed by atoms with Gasteiger partial charge in [-0.2, -0.15) is 30.7 Å². The number of carbonyl (C=O) groups is 2. The summed E-state index contributed by atoms with van der Waals surface area (Å²) in [5.41, 5.74) is -4.74. The molecular formula is C11H10F8O4. The molecule has 134 valence electrons. The number of aliphatic carboxylic acids is 1. The third-order valence-corrected chi connectivity index (χ3v) is 2.56. The molecule has 1 N–H and O–H groups in total. The topological polar surface area (TPSA) is 63.6 Å². The molecule has 0 aromatic carbocycles. The number of ether oxygens (including phenoxy) is 1. The largest absolute Gasteiger partial charge is 0.478 e. The predicted molar refractivity (Wildman–Crippen MR) is 57.6 cm³/mol. The minimum Gasteiger partial charge on any atom is -0.478 e. The maximum atomic E-state index is 13.8. The summed E-state index contributed by atoms with van der Waals surface area (Å²) in [5, 5.41) is 8.10. The van der Waals surface area contributed by atoms with Gasteiger partial charge in [0, 0.05) is 12.2 Å². The summed E-state index contributed by atoms with van der Waals surface area (Å²) in [4.78, 5) is 20.8. The molecule has 0 radical (unpaired) electrons. The molecule has 4 nitrogen and oxygen atoms in total. The molecule has 0 aromatic heterocycles. The Bertz CT molecular complexity index is 485. The Hall–Kier alpha value is -1.88.